The highest BCUT2D eigenvalue weighted by Crippen LogP contribution is 2.26. The van der Waals surface area contributed by atoms with Gasteiger partial charge in [-0.1, -0.05) is 41.4 Å². The number of rotatable bonds is 3. The van der Waals surface area contributed by atoms with Crippen LogP contribution in [0.2, 0.25) is 5.02 Å². The molecule has 22 heavy (non-hydrogen) atoms. The lowest BCUT2D eigenvalue weighted by molar-refractivity contribution is 0.954. The Bertz CT molecular complexity index is 771. The van der Waals surface area contributed by atoms with Gasteiger partial charge in [0.25, 0.3) is 0 Å². The van der Waals surface area contributed by atoms with Crippen LogP contribution in [-0.4, -0.2) is 23.6 Å². The molecule has 0 unspecified atom stereocenters. The van der Waals surface area contributed by atoms with Crippen LogP contribution in [0.4, 0.5) is 5.95 Å². The first-order valence-corrected chi connectivity index (χ1v) is 7.52. The van der Waals surface area contributed by atoms with Gasteiger partial charge in [-0.3, -0.25) is 4.57 Å². The van der Waals surface area contributed by atoms with Crippen molar-refractivity contribution in [3.8, 4) is 16.9 Å². The first-order chi connectivity index (χ1) is 10.5. The van der Waals surface area contributed by atoms with Gasteiger partial charge in [0.15, 0.2) is 0 Å². The predicted octanol–water partition coefficient (Wildman–Crippen LogP) is 4.57. The molecule has 2 aromatic carbocycles. The zero-order chi connectivity index (χ0) is 15.7. The molecule has 0 spiro atoms. The van der Waals surface area contributed by atoms with Crippen LogP contribution in [0, 0.1) is 6.92 Å². The summed E-state index contributed by atoms with van der Waals surface area (Å²) >= 11 is 5.96. The number of anilines is 1. The minimum Gasteiger partial charge on any atom is -0.348 e. The van der Waals surface area contributed by atoms with E-state index in [0.29, 0.717) is 0 Å². The van der Waals surface area contributed by atoms with E-state index in [1.807, 2.05) is 43.3 Å². The summed E-state index contributed by atoms with van der Waals surface area (Å²) in [5.74, 6) is 0.897. The van der Waals surface area contributed by atoms with Crippen LogP contribution in [0.25, 0.3) is 16.9 Å². The predicted molar refractivity (Wildman–Crippen MR) is 93.1 cm³/mol. The molecule has 0 radical (unpaired) electrons. The Morgan fingerprint density at radius 2 is 1.59 bits per heavy atom. The van der Waals surface area contributed by atoms with E-state index >= 15 is 0 Å². The van der Waals surface area contributed by atoms with Crippen LogP contribution < -0.4 is 4.90 Å². The molecular weight excluding hydrogens is 294 g/mol. The van der Waals surface area contributed by atoms with E-state index in [0.717, 1.165) is 27.9 Å². The largest absolute Gasteiger partial charge is 0.348 e. The summed E-state index contributed by atoms with van der Waals surface area (Å²) in [6.45, 7) is 2.09. The van der Waals surface area contributed by atoms with Gasteiger partial charge < -0.3 is 4.90 Å². The monoisotopic (exact) mass is 311 g/mol. The Morgan fingerprint density at radius 3 is 2.18 bits per heavy atom. The molecule has 4 heteroatoms. The van der Waals surface area contributed by atoms with E-state index in [1.165, 1.54) is 5.56 Å². The summed E-state index contributed by atoms with van der Waals surface area (Å²) in [6.07, 6.45) is 2.06. The number of imidazole rings is 1. The maximum atomic E-state index is 5.96. The minimum absolute atomic E-state index is 0.731. The lowest BCUT2D eigenvalue weighted by Crippen LogP contribution is -2.14. The van der Waals surface area contributed by atoms with Crippen molar-refractivity contribution >= 4 is 17.5 Å². The Kier molecular flexibility index (Phi) is 3.90. The summed E-state index contributed by atoms with van der Waals surface area (Å²) in [5.41, 5.74) is 4.33. The zero-order valence-electron chi connectivity index (χ0n) is 12.9. The van der Waals surface area contributed by atoms with Crippen LogP contribution >= 0.6 is 11.6 Å². The molecule has 0 amide bonds. The van der Waals surface area contributed by atoms with E-state index in [-0.39, 0.29) is 0 Å². The first-order valence-electron chi connectivity index (χ1n) is 7.14. The van der Waals surface area contributed by atoms with Crippen LogP contribution in [0.15, 0.2) is 54.7 Å². The van der Waals surface area contributed by atoms with E-state index in [1.54, 1.807) is 0 Å². The van der Waals surface area contributed by atoms with Crippen molar-refractivity contribution in [2.45, 2.75) is 6.92 Å². The Hall–Kier alpha value is -2.26. The Morgan fingerprint density at radius 1 is 0.955 bits per heavy atom. The average molecular weight is 312 g/mol. The molecule has 3 nitrogen and oxygen atoms in total. The highest BCUT2D eigenvalue weighted by atomic mass is 35.5. The van der Waals surface area contributed by atoms with Crippen LogP contribution in [0.3, 0.4) is 0 Å². The normalized spacial score (nSPS) is 10.7. The molecule has 112 valence electrons. The van der Waals surface area contributed by atoms with E-state index in [4.69, 9.17) is 16.6 Å². The van der Waals surface area contributed by atoms with Crippen molar-refractivity contribution in [2.24, 2.45) is 0 Å². The SMILES string of the molecule is Cc1ccc(-n2cc(-c3ccc(Cl)cc3)nc2N(C)C)cc1. The third-order valence-electron chi connectivity index (χ3n) is 3.54. The second-order valence-corrected chi connectivity index (χ2v) is 5.97. The Balaban J connectivity index is 2.09. The molecule has 0 saturated heterocycles. The number of hydrogen-bond acceptors (Lipinski definition) is 2. The third kappa shape index (κ3) is 2.85. The lowest BCUT2D eigenvalue weighted by Gasteiger charge is -2.14. The van der Waals surface area contributed by atoms with Crippen LogP contribution in [0.5, 0.6) is 0 Å². The molecule has 0 atom stereocenters. The van der Waals surface area contributed by atoms with Gasteiger partial charge in [-0.05, 0) is 31.2 Å². The second-order valence-electron chi connectivity index (χ2n) is 5.53. The number of nitrogens with zero attached hydrogens (tertiary/aromatic N) is 3. The van der Waals surface area contributed by atoms with Crippen molar-refractivity contribution in [2.75, 3.05) is 19.0 Å². The van der Waals surface area contributed by atoms with Gasteiger partial charge >= 0.3 is 0 Å². The average Bonchev–Trinajstić information content (AvgIpc) is 2.94. The molecule has 0 saturated carbocycles. The topological polar surface area (TPSA) is 21.1 Å². The molecule has 0 aliphatic rings. The molecule has 0 fully saturated rings. The summed E-state index contributed by atoms with van der Waals surface area (Å²) in [7, 11) is 4.00. The third-order valence-corrected chi connectivity index (χ3v) is 3.79. The van der Waals surface area contributed by atoms with Gasteiger partial charge in [-0.25, -0.2) is 4.98 Å². The van der Waals surface area contributed by atoms with Gasteiger partial charge in [0, 0.05) is 36.6 Å². The van der Waals surface area contributed by atoms with Crippen LogP contribution in [0.1, 0.15) is 5.56 Å². The molecule has 3 rings (SSSR count). The molecule has 1 aromatic heterocycles. The van der Waals surface area contributed by atoms with Crippen molar-refractivity contribution in [1.29, 1.82) is 0 Å². The van der Waals surface area contributed by atoms with Gasteiger partial charge in [-0.2, -0.15) is 0 Å². The number of aromatic nitrogens is 2. The van der Waals surface area contributed by atoms with Crippen molar-refractivity contribution in [3.05, 3.63) is 65.3 Å². The van der Waals surface area contributed by atoms with Crippen LogP contribution in [-0.2, 0) is 0 Å². The van der Waals surface area contributed by atoms with E-state index in [2.05, 4.69) is 42.0 Å². The van der Waals surface area contributed by atoms with Gasteiger partial charge in [0.2, 0.25) is 5.95 Å². The number of halogens is 1. The molecule has 3 aromatic rings. The fourth-order valence-electron chi connectivity index (χ4n) is 2.34. The highest BCUT2D eigenvalue weighted by Gasteiger charge is 2.12. The quantitative estimate of drug-likeness (QED) is 0.706. The number of hydrogen-bond donors (Lipinski definition) is 0. The second kappa shape index (κ2) is 5.85. The van der Waals surface area contributed by atoms with E-state index in [9.17, 15) is 0 Å². The van der Waals surface area contributed by atoms with Crippen molar-refractivity contribution in [1.82, 2.24) is 9.55 Å². The van der Waals surface area contributed by atoms with E-state index < -0.39 is 0 Å². The fraction of sp³-hybridized carbons (Fsp3) is 0.167. The molecule has 0 bridgehead atoms. The fourth-order valence-corrected chi connectivity index (χ4v) is 2.47. The first kappa shape index (κ1) is 14.7. The number of aryl methyl sites for hydroxylation is 1. The summed E-state index contributed by atoms with van der Waals surface area (Å²) in [5, 5.41) is 0.731. The van der Waals surface area contributed by atoms with Gasteiger partial charge in [0.05, 0.1) is 5.69 Å². The molecule has 0 N–H and O–H groups in total. The van der Waals surface area contributed by atoms with Gasteiger partial charge in [0.1, 0.15) is 0 Å². The maximum absolute atomic E-state index is 5.96. The highest BCUT2D eigenvalue weighted by molar-refractivity contribution is 6.30. The standard InChI is InChI=1S/C18H18ClN3/c1-13-4-10-16(11-5-13)22-12-17(20-18(22)21(2)3)14-6-8-15(19)9-7-14/h4-12H,1-3H3. The zero-order valence-corrected chi connectivity index (χ0v) is 13.7. The number of benzene rings is 2. The molecule has 1 heterocycles. The summed E-state index contributed by atoms with van der Waals surface area (Å²) in [4.78, 5) is 6.77. The smallest absolute Gasteiger partial charge is 0.210 e. The molecule has 0 aliphatic carbocycles. The summed E-state index contributed by atoms with van der Waals surface area (Å²) in [6, 6.07) is 16.2. The minimum atomic E-state index is 0.731. The van der Waals surface area contributed by atoms with Crippen molar-refractivity contribution in [3.63, 3.8) is 0 Å². The molecule has 0 aliphatic heterocycles. The molecular formula is C18H18ClN3. The summed E-state index contributed by atoms with van der Waals surface area (Å²) < 4.78 is 2.10. The van der Waals surface area contributed by atoms with Crippen molar-refractivity contribution < 1.29 is 0 Å². The Labute approximate surface area is 135 Å². The lowest BCUT2D eigenvalue weighted by atomic mass is 10.2. The van der Waals surface area contributed by atoms with Gasteiger partial charge in [-0.15, -0.1) is 0 Å². The maximum Gasteiger partial charge on any atom is 0.210 e.